The summed E-state index contributed by atoms with van der Waals surface area (Å²) in [5.74, 6) is 0.198. The molecule has 25 heavy (non-hydrogen) atoms. The highest BCUT2D eigenvalue weighted by Gasteiger charge is 2.31. The molecule has 0 unspecified atom stereocenters. The number of halogens is 1. The van der Waals surface area contributed by atoms with Crippen LogP contribution in [0.1, 0.15) is 30.6 Å². The Morgan fingerprint density at radius 3 is 2.80 bits per heavy atom. The topological polar surface area (TPSA) is 88.8 Å². The molecule has 0 spiro atoms. The summed E-state index contributed by atoms with van der Waals surface area (Å²) < 4.78 is 0. The van der Waals surface area contributed by atoms with Gasteiger partial charge in [-0.15, -0.1) is 0 Å². The van der Waals surface area contributed by atoms with Crippen LogP contribution in [0.3, 0.4) is 0 Å². The Kier molecular flexibility index (Phi) is 4.63. The standard InChI is InChI=1S/C18H19ClN4O2/c1-3-14-16(19)10(2)21-17(22-14)12-8-23(9-13(12)20)18(25)11-6-4-5-7-15(11)24/h4-7,20,22,24H,3,8-9H2,1-2H3/b17-12-,20-13?. The van der Waals surface area contributed by atoms with Crippen molar-refractivity contribution in [2.24, 2.45) is 4.99 Å². The van der Waals surface area contributed by atoms with Gasteiger partial charge >= 0.3 is 0 Å². The molecule has 2 aliphatic rings. The molecular weight excluding hydrogens is 340 g/mol. The Balaban J connectivity index is 1.89. The highest BCUT2D eigenvalue weighted by molar-refractivity contribution is 6.43. The molecule has 1 aromatic rings. The van der Waals surface area contributed by atoms with Crippen molar-refractivity contribution in [1.82, 2.24) is 10.2 Å². The first-order valence-corrected chi connectivity index (χ1v) is 8.39. The molecule has 6 nitrogen and oxygen atoms in total. The van der Waals surface area contributed by atoms with Crippen molar-refractivity contribution in [2.45, 2.75) is 20.3 Å². The molecule has 0 saturated carbocycles. The van der Waals surface area contributed by atoms with Gasteiger partial charge in [0.2, 0.25) is 0 Å². The SMILES string of the molecule is CCC1=C(Cl)C(C)=N/C(=C2\CN(C(=O)c3ccccc3O)CC2=N)N1. The van der Waals surface area contributed by atoms with Gasteiger partial charge in [0.25, 0.3) is 5.91 Å². The van der Waals surface area contributed by atoms with Crippen LogP contribution in [0, 0.1) is 5.41 Å². The van der Waals surface area contributed by atoms with Crippen LogP contribution in [-0.4, -0.2) is 40.4 Å². The van der Waals surface area contributed by atoms with Crippen LogP contribution in [0.2, 0.25) is 0 Å². The summed E-state index contributed by atoms with van der Waals surface area (Å²) in [6, 6.07) is 6.41. The van der Waals surface area contributed by atoms with Crippen molar-refractivity contribution in [3.63, 3.8) is 0 Å². The Morgan fingerprint density at radius 1 is 1.40 bits per heavy atom. The minimum Gasteiger partial charge on any atom is -0.507 e. The number of allylic oxidation sites excluding steroid dienone is 2. The van der Waals surface area contributed by atoms with Crippen molar-refractivity contribution in [3.05, 3.63) is 52.0 Å². The summed E-state index contributed by atoms with van der Waals surface area (Å²) in [7, 11) is 0. The number of likely N-dealkylation sites (tertiary alicyclic amines) is 1. The molecule has 0 bridgehead atoms. The maximum absolute atomic E-state index is 12.6. The van der Waals surface area contributed by atoms with E-state index >= 15 is 0 Å². The lowest BCUT2D eigenvalue weighted by Gasteiger charge is -2.20. The zero-order valence-electron chi connectivity index (χ0n) is 14.1. The summed E-state index contributed by atoms with van der Waals surface area (Å²) in [6.07, 6.45) is 0.719. The highest BCUT2D eigenvalue weighted by atomic mass is 35.5. The molecule has 130 valence electrons. The van der Waals surface area contributed by atoms with E-state index in [1.807, 2.05) is 13.8 Å². The van der Waals surface area contributed by atoms with Gasteiger partial charge in [0.1, 0.15) is 11.6 Å². The average molecular weight is 359 g/mol. The number of amides is 1. The molecule has 1 aromatic carbocycles. The van der Waals surface area contributed by atoms with Gasteiger partial charge in [-0.25, -0.2) is 4.99 Å². The number of nitrogens with zero attached hydrogens (tertiary/aromatic N) is 2. The monoisotopic (exact) mass is 358 g/mol. The molecule has 0 atom stereocenters. The first kappa shape index (κ1) is 17.2. The molecule has 1 amide bonds. The van der Waals surface area contributed by atoms with Gasteiger partial charge < -0.3 is 20.7 Å². The number of aliphatic imine (C=N–C) groups is 1. The summed E-state index contributed by atoms with van der Waals surface area (Å²) >= 11 is 6.24. The van der Waals surface area contributed by atoms with E-state index in [2.05, 4.69) is 10.3 Å². The van der Waals surface area contributed by atoms with E-state index in [0.29, 0.717) is 27.8 Å². The molecule has 1 saturated heterocycles. The fourth-order valence-corrected chi connectivity index (χ4v) is 3.09. The molecule has 2 heterocycles. The van der Waals surface area contributed by atoms with Gasteiger partial charge in [-0.05, 0) is 25.5 Å². The van der Waals surface area contributed by atoms with Gasteiger partial charge in [-0.3, -0.25) is 4.79 Å². The van der Waals surface area contributed by atoms with Crippen molar-refractivity contribution in [2.75, 3.05) is 13.1 Å². The van der Waals surface area contributed by atoms with E-state index < -0.39 is 0 Å². The lowest BCUT2D eigenvalue weighted by Crippen LogP contribution is -2.29. The minimum absolute atomic E-state index is 0.0622. The van der Waals surface area contributed by atoms with Gasteiger partial charge in [0.05, 0.1) is 35.1 Å². The highest BCUT2D eigenvalue weighted by Crippen LogP contribution is 2.26. The van der Waals surface area contributed by atoms with Crippen molar-refractivity contribution < 1.29 is 9.90 Å². The first-order valence-electron chi connectivity index (χ1n) is 8.02. The normalized spacial score (nSPS) is 20.7. The second-order valence-corrected chi connectivity index (χ2v) is 6.33. The maximum Gasteiger partial charge on any atom is 0.258 e. The lowest BCUT2D eigenvalue weighted by molar-refractivity contribution is 0.0801. The molecule has 3 rings (SSSR count). The van der Waals surface area contributed by atoms with Crippen LogP contribution in [-0.2, 0) is 0 Å². The molecular formula is C18H19ClN4O2. The number of carbonyl (C=O) groups is 1. The predicted octanol–water partition coefficient (Wildman–Crippen LogP) is 3.00. The Labute approximate surface area is 151 Å². The van der Waals surface area contributed by atoms with E-state index in [4.69, 9.17) is 17.0 Å². The van der Waals surface area contributed by atoms with E-state index in [0.717, 1.165) is 12.1 Å². The van der Waals surface area contributed by atoms with Crippen molar-refractivity contribution in [1.29, 1.82) is 5.41 Å². The number of rotatable bonds is 2. The van der Waals surface area contributed by atoms with Crippen LogP contribution in [0.5, 0.6) is 5.75 Å². The molecule has 0 aliphatic carbocycles. The average Bonchev–Trinajstić information content (AvgIpc) is 2.99. The van der Waals surface area contributed by atoms with Crippen LogP contribution < -0.4 is 5.32 Å². The third-order valence-electron chi connectivity index (χ3n) is 4.25. The Hall–Kier alpha value is -2.60. The largest absolute Gasteiger partial charge is 0.507 e. The Morgan fingerprint density at radius 2 is 2.12 bits per heavy atom. The Bertz CT molecular complexity index is 854. The van der Waals surface area contributed by atoms with Crippen molar-refractivity contribution >= 4 is 28.9 Å². The van der Waals surface area contributed by atoms with E-state index in [1.54, 1.807) is 18.2 Å². The summed E-state index contributed by atoms with van der Waals surface area (Å²) in [5, 5.41) is 21.9. The molecule has 3 N–H and O–H groups in total. The van der Waals surface area contributed by atoms with Crippen LogP contribution >= 0.6 is 11.6 Å². The summed E-state index contributed by atoms with van der Waals surface area (Å²) in [4.78, 5) is 18.6. The second-order valence-electron chi connectivity index (χ2n) is 5.95. The number of para-hydroxylation sites is 1. The number of aromatic hydroxyl groups is 1. The van der Waals surface area contributed by atoms with Crippen LogP contribution in [0.25, 0.3) is 0 Å². The van der Waals surface area contributed by atoms with Gasteiger partial charge in [-0.2, -0.15) is 0 Å². The third-order valence-corrected chi connectivity index (χ3v) is 4.76. The number of hydrogen-bond acceptors (Lipinski definition) is 5. The summed E-state index contributed by atoms with van der Waals surface area (Å²) in [5.41, 5.74) is 2.78. The number of nitrogens with one attached hydrogen (secondary N) is 2. The van der Waals surface area contributed by atoms with E-state index in [1.165, 1.54) is 11.0 Å². The molecule has 0 radical (unpaired) electrons. The van der Waals surface area contributed by atoms with E-state index in [-0.39, 0.29) is 30.3 Å². The lowest BCUT2D eigenvalue weighted by atomic mass is 10.1. The smallest absolute Gasteiger partial charge is 0.258 e. The molecule has 1 fully saturated rings. The minimum atomic E-state index is -0.306. The number of benzene rings is 1. The zero-order chi connectivity index (χ0) is 18.1. The fraction of sp³-hybridized carbons (Fsp3) is 0.278. The fourth-order valence-electron chi connectivity index (χ4n) is 2.86. The number of phenols is 1. The van der Waals surface area contributed by atoms with Gasteiger partial charge in [0, 0.05) is 11.3 Å². The maximum atomic E-state index is 12.6. The molecule has 2 aliphatic heterocycles. The van der Waals surface area contributed by atoms with Crippen LogP contribution in [0.15, 0.2) is 51.4 Å². The second kappa shape index (κ2) is 6.72. The summed E-state index contributed by atoms with van der Waals surface area (Å²) in [6.45, 7) is 4.25. The van der Waals surface area contributed by atoms with Crippen LogP contribution in [0.4, 0.5) is 0 Å². The number of carbonyl (C=O) groups excluding carboxylic acids is 1. The third kappa shape index (κ3) is 3.17. The van der Waals surface area contributed by atoms with Crippen molar-refractivity contribution in [3.8, 4) is 5.75 Å². The van der Waals surface area contributed by atoms with Gasteiger partial charge in [0.15, 0.2) is 0 Å². The molecule has 0 aromatic heterocycles. The quantitative estimate of drug-likeness (QED) is 0.759. The number of hydrogen-bond donors (Lipinski definition) is 3. The predicted molar refractivity (Wildman–Crippen MR) is 98.2 cm³/mol. The number of phenolic OH excluding ortho intramolecular Hbond substituents is 1. The molecule has 7 heteroatoms. The van der Waals surface area contributed by atoms with E-state index in [9.17, 15) is 9.90 Å². The van der Waals surface area contributed by atoms with Gasteiger partial charge in [-0.1, -0.05) is 30.7 Å². The zero-order valence-corrected chi connectivity index (χ0v) is 14.8. The first-order chi connectivity index (χ1) is 11.9.